The molecule has 2 N–H and O–H groups in total. The van der Waals surface area contributed by atoms with Gasteiger partial charge < -0.3 is 15.5 Å². The van der Waals surface area contributed by atoms with E-state index in [0.29, 0.717) is 5.96 Å². The lowest BCUT2D eigenvalue weighted by Crippen LogP contribution is -2.41. The van der Waals surface area contributed by atoms with Gasteiger partial charge in [-0.25, -0.2) is 0 Å². The van der Waals surface area contributed by atoms with Crippen molar-refractivity contribution in [3.8, 4) is 0 Å². The topological polar surface area (TPSA) is 57.8 Å². The Hall–Kier alpha value is -1.14. The van der Waals surface area contributed by atoms with Crippen LogP contribution in [0.5, 0.6) is 0 Å². The molecule has 1 unspecified atom stereocenters. The van der Waals surface area contributed by atoms with Gasteiger partial charge in [0.05, 0.1) is 18.1 Å². The van der Waals surface area contributed by atoms with E-state index in [1.807, 2.05) is 11.7 Å². The minimum Gasteiger partial charge on any atom is -0.370 e. The third-order valence-corrected chi connectivity index (χ3v) is 4.30. The van der Waals surface area contributed by atoms with Crippen LogP contribution < -0.4 is 5.73 Å². The third kappa shape index (κ3) is 2.81. The zero-order chi connectivity index (χ0) is 13.0. The fourth-order valence-electron chi connectivity index (χ4n) is 2.22. The van der Waals surface area contributed by atoms with Crippen LogP contribution in [-0.2, 0) is 0 Å². The highest BCUT2D eigenvalue weighted by molar-refractivity contribution is 7.09. The number of thiazole rings is 1. The maximum absolute atomic E-state index is 5.99. The van der Waals surface area contributed by atoms with E-state index in [9.17, 15) is 0 Å². The van der Waals surface area contributed by atoms with E-state index >= 15 is 0 Å². The van der Waals surface area contributed by atoms with Gasteiger partial charge in [0.25, 0.3) is 0 Å². The SMILES string of the molecule is CCN(CC)CCN1C(N)=NCC1c1cncs1. The van der Waals surface area contributed by atoms with Crippen molar-refractivity contribution >= 4 is 17.3 Å². The molecule has 0 fully saturated rings. The van der Waals surface area contributed by atoms with E-state index in [1.54, 1.807) is 11.3 Å². The normalized spacial score (nSPS) is 19.6. The first-order chi connectivity index (χ1) is 8.76. The predicted octanol–water partition coefficient (Wildman–Crippen LogP) is 1.16. The van der Waals surface area contributed by atoms with Crippen molar-refractivity contribution in [3.63, 3.8) is 0 Å². The lowest BCUT2D eigenvalue weighted by atomic mass is 10.2. The average Bonchev–Trinajstić information content (AvgIpc) is 3.00. The standard InChI is InChI=1S/C12H21N5S/c1-3-16(4-2)5-6-17-10(7-15-12(17)13)11-8-14-9-18-11/h8-10H,3-7H2,1-2H3,(H2,13,15). The maximum atomic E-state index is 5.99. The van der Waals surface area contributed by atoms with Gasteiger partial charge >= 0.3 is 0 Å². The Bertz CT molecular complexity index is 385. The smallest absolute Gasteiger partial charge is 0.191 e. The van der Waals surface area contributed by atoms with Gasteiger partial charge in [0.15, 0.2) is 5.96 Å². The number of nitrogens with zero attached hydrogens (tertiary/aromatic N) is 4. The molecule has 0 aromatic carbocycles. The first-order valence-electron chi connectivity index (χ1n) is 6.43. The second-order valence-electron chi connectivity index (χ2n) is 4.34. The molecule has 1 atom stereocenters. The van der Waals surface area contributed by atoms with Gasteiger partial charge in [0.2, 0.25) is 0 Å². The van der Waals surface area contributed by atoms with Gasteiger partial charge in [-0.05, 0) is 13.1 Å². The molecule has 0 aliphatic carbocycles. The molecule has 0 saturated heterocycles. The van der Waals surface area contributed by atoms with Gasteiger partial charge in [-0.3, -0.25) is 9.98 Å². The van der Waals surface area contributed by atoms with E-state index in [2.05, 4.69) is 33.6 Å². The summed E-state index contributed by atoms with van der Waals surface area (Å²) in [5.74, 6) is 0.667. The van der Waals surface area contributed by atoms with Gasteiger partial charge in [-0.2, -0.15) is 0 Å². The summed E-state index contributed by atoms with van der Waals surface area (Å²) in [5, 5.41) is 0. The summed E-state index contributed by atoms with van der Waals surface area (Å²) in [7, 11) is 0. The quantitative estimate of drug-likeness (QED) is 0.840. The minimum atomic E-state index is 0.285. The Morgan fingerprint density at radius 3 is 2.89 bits per heavy atom. The van der Waals surface area contributed by atoms with Crippen molar-refractivity contribution in [1.29, 1.82) is 0 Å². The molecule has 18 heavy (non-hydrogen) atoms. The Morgan fingerprint density at radius 1 is 1.50 bits per heavy atom. The molecular weight excluding hydrogens is 246 g/mol. The Morgan fingerprint density at radius 2 is 2.28 bits per heavy atom. The summed E-state index contributed by atoms with van der Waals surface area (Å²) in [5.41, 5.74) is 7.85. The fourth-order valence-corrected chi connectivity index (χ4v) is 2.95. The molecule has 2 rings (SSSR count). The molecule has 5 nitrogen and oxygen atoms in total. The lowest BCUT2D eigenvalue weighted by molar-refractivity contribution is 0.250. The first-order valence-corrected chi connectivity index (χ1v) is 7.31. The number of aromatic nitrogens is 1. The molecule has 1 aliphatic rings. The summed E-state index contributed by atoms with van der Waals surface area (Å²) in [6.45, 7) is 9.24. The Balaban J connectivity index is 1.97. The van der Waals surface area contributed by atoms with E-state index in [4.69, 9.17) is 5.73 Å². The van der Waals surface area contributed by atoms with Gasteiger partial charge in [0.1, 0.15) is 0 Å². The van der Waals surface area contributed by atoms with Crippen LogP contribution in [0.4, 0.5) is 0 Å². The maximum Gasteiger partial charge on any atom is 0.191 e. The second-order valence-corrected chi connectivity index (χ2v) is 5.26. The molecular formula is C12H21N5S. The Labute approximate surface area is 112 Å². The summed E-state index contributed by atoms with van der Waals surface area (Å²) in [6.07, 6.45) is 1.92. The summed E-state index contributed by atoms with van der Waals surface area (Å²) in [6, 6.07) is 0.285. The summed E-state index contributed by atoms with van der Waals surface area (Å²) < 4.78 is 0. The zero-order valence-corrected chi connectivity index (χ0v) is 11.9. The van der Waals surface area contributed by atoms with E-state index < -0.39 is 0 Å². The largest absolute Gasteiger partial charge is 0.370 e. The third-order valence-electron chi connectivity index (χ3n) is 3.43. The van der Waals surface area contributed by atoms with Crippen LogP contribution in [0.1, 0.15) is 24.8 Å². The van der Waals surface area contributed by atoms with Crippen LogP contribution in [0.3, 0.4) is 0 Å². The number of rotatable bonds is 6. The number of aliphatic imine (C=N–C) groups is 1. The van der Waals surface area contributed by atoms with E-state index in [-0.39, 0.29) is 6.04 Å². The predicted molar refractivity (Wildman–Crippen MR) is 75.8 cm³/mol. The lowest BCUT2D eigenvalue weighted by Gasteiger charge is -2.28. The molecule has 0 spiro atoms. The van der Waals surface area contributed by atoms with E-state index in [0.717, 1.165) is 32.7 Å². The molecule has 0 saturated carbocycles. The van der Waals surface area contributed by atoms with Crippen LogP contribution in [0.2, 0.25) is 0 Å². The van der Waals surface area contributed by atoms with Crippen molar-refractivity contribution in [2.24, 2.45) is 10.7 Å². The van der Waals surface area contributed by atoms with Crippen LogP contribution in [-0.4, -0.2) is 53.5 Å². The summed E-state index contributed by atoms with van der Waals surface area (Å²) >= 11 is 1.68. The highest BCUT2D eigenvalue weighted by Crippen LogP contribution is 2.27. The van der Waals surface area contributed by atoms with Gasteiger partial charge in [-0.1, -0.05) is 13.8 Å². The van der Waals surface area contributed by atoms with Crippen molar-refractivity contribution in [2.75, 3.05) is 32.7 Å². The van der Waals surface area contributed by atoms with Crippen molar-refractivity contribution < 1.29 is 0 Å². The second kappa shape index (κ2) is 6.15. The molecule has 1 aliphatic heterocycles. The number of hydrogen-bond acceptors (Lipinski definition) is 6. The highest BCUT2D eigenvalue weighted by atomic mass is 32.1. The first kappa shape index (κ1) is 13.3. The number of hydrogen-bond donors (Lipinski definition) is 1. The zero-order valence-electron chi connectivity index (χ0n) is 11.0. The number of likely N-dealkylation sites (N-methyl/N-ethyl adjacent to an activating group) is 1. The number of guanidine groups is 1. The molecule has 1 aromatic heterocycles. The monoisotopic (exact) mass is 267 g/mol. The van der Waals surface area contributed by atoms with E-state index in [1.165, 1.54) is 4.88 Å². The van der Waals surface area contributed by atoms with Crippen LogP contribution >= 0.6 is 11.3 Å². The molecule has 2 heterocycles. The van der Waals surface area contributed by atoms with Crippen molar-refractivity contribution in [2.45, 2.75) is 19.9 Å². The molecule has 6 heteroatoms. The van der Waals surface area contributed by atoms with Crippen LogP contribution in [0.25, 0.3) is 0 Å². The molecule has 0 bridgehead atoms. The van der Waals surface area contributed by atoms with Crippen molar-refractivity contribution in [1.82, 2.24) is 14.8 Å². The van der Waals surface area contributed by atoms with Gasteiger partial charge in [0, 0.05) is 24.2 Å². The Kier molecular flexibility index (Phi) is 4.54. The number of nitrogens with two attached hydrogens (primary N) is 1. The minimum absolute atomic E-state index is 0.285. The van der Waals surface area contributed by atoms with Crippen LogP contribution in [0.15, 0.2) is 16.7 Å². The van der Waals surface area contributed by atoms with Crippen LogP contribution in [0, 0.1) is 0 Å². The highest BCUT2D eigenvalue weighted by Gasteiger charge is 2.28. The molecule has 0 amide bonds. The molecule has 1 aromatic rings. The van der Waals surface area contributed by atoms with Gasteiger partial charge in [-0.15, -0.1) is 11.3 Å². The molecule has 0 radical (unpaired) electrons. The fraction of sp³-hybridized carbons (Fsp3) is 0.667. The molecule has 100 valence electrons. The van der Waals surface area contributed by atoms with Crippen molar-refractivity contribution in [3.05, 3.63) is 16.6 Å². The summed E-state index contributed by atoms with van der Waals surface area (Å²) in [4.78, 5) is 14.4. The average molecular weight is 267 g/mol.